The highest BCUT2D eigenvalue weighted by Crippen LogP contribution is 2.14. The third-order valence-corrected chi connectivity index (χ3v) is 3.56. The Morgan fingerprint density at radius 2 is 1.79 bits per heavy atom. The van der Waals surface area contributed by atoms with Gasteiger partial charge in [0.15, 0.2) is 0 Å². The third-order valence-electron chi connectivity index (χ3n) is 3.56. The van der Waals surface area contributed by atoms with Crippen LogP contribution in [-0.2, 0) is 0 Å². The van der Waals surface area contributed by atoms with Gasteiger partial charge in [-0.15, -0.1) is 0 Å². The fourth-order valence-corrected chi connectivity index (χ4v) is 2.32. The second-order valence-corrected chi connectivity index (χ2v) is 4.99. The monoisotopic (exact) mass is 275 g/mol. The number of halogens is 2. The van der Waals surface area contributed by atoms with Crippen LogP contribution in [0.2, 0.25) is 0 Å². The van der Waals surface area contributed by atoms with Crippen LogP contribution in [0.1, 0.15) is 0 Å². The number of rotatable bonds is 4. The summed E-state index contributed by atoms with van der Waals surface area (Å²) in [6, 6.07) is 0. The molecule has 0 aliphatic carbocycles. The van der Waals surface area contributed by atoms with E-state index in [9.17, 15) is 13.6 Å². The van der Waals surface area contributed by atoms with Gasteiger partial charge in [-0.1, -0.05) is 6.08 Å². The predicted octanol–water partition coefficient (Wildman–Crippen LogP) is 0.789. The first-order valence-electron chi connectivity index (χ1n) is 6.43. The van der Waals surface area contributed by atoms with Gasteiger partial charge in [-0.05, 0) is 5.57 Å². The first kappa shape index (κ1) is 14.2. The average molecular weight is 275 g/mol. The van der Waals surface area contributed by atoms with Gasteiger partial charge in [0.2, 0.25) is 0 Å². The van der Waals surface area contributed by atoms with E-state index in [1.165, 1.54) is 4.90 Å². The summed E-state index contributed by atoms with van der Waals surface area (Å²) in [5.74, 6) is 0. The van der Waals surface area contributed by atoms with Crippen molar-refractivity contribution in [3.05, 3.63) is 11.6 Å². The lowest BCUT2D eigenvalue weighted by Gasteiger charge is -2.35. The molecular formula is C12H19F2N3O2. The summed E-state index contributed by atoms with van der Waals surface area (Å²) in [5, 5.41) is 8.69. The molecule has 0 spiro atoms. The number of carboxylic acid groups (broad SMARTS) is 1. The van der Waals surface area contributed by atoms with Crippen molar-refractivity contribution < 1.29 is 18.7 Å². The maximum atomic E-state index is 12.2. The molecule has 0 bridgehead atoms. The van der Waals surface area contributed by atoms with Gasteiger partial charge >= 0.3 is 6.09 Å². The van der Waals surface area contributed by atoms with Crippen molar-refractivity contribution in [3.63, 3.8) is 0 Å². The van der Waals surface area contributed by atoms with Crippen molar-refractivity contribution in [3.8, 4) is 0 Å². The quantitative estimate of drug-likeness (QED) is 0.771. The average Bonchev–Trinajstić information content (AvgIpc) is 2.28. The number of alkyl halides is 2. The van der Waals surface area contributed by atoms with Crippen LogP contribution in [0, 0.1) is 0 Å². The molecule has 19 heavy (non-hydrogen) atoms. The molecule has 7 heteroatoms. The molecule has 0 unspecified atom stereocenters. The first-order valence-corrected chi connectivity index (χ1v) is 6.43. The maximum Gasteiger partial charge on any atom is 0.407 e. The second kappa shape index (κ2) is 6.29. The Labute approximate surface area is 111 Å². The zero-order valence-electron chi connectivity index (χ0n) is 10.8. The summed E-state index contributed by atoms with van der Waals surface area (Å²) in [4.78, 5) is 15.9. The Bertz CT molecular complexity index is 347. The summed E-state index contributed by atoms with van der Waals surface area (Å²) in [6.45, 7) is 4.58. The van der Waals surface area contributed by atoms with Gasteiger partial charge in [0.05, 0.1) is 6.54 Å². The smallest absolute Gasteiger partial charge is 0.407 e. The first-order chi connectivity index (χ1) is 9.04. The normalized spacial score (nSPS) is 21.6. The Balaban J connectivity index is 1.64. The highest BCUT2D eigenvalue weighted by Gasteiger charge is 2.24. The lowest BCUT2D eigenvalue weighted by atomic mass is 10.1. The van der Waals surface area contributed by atoms with Crippen LogP contribution in [-0.4, -0.2) is 84.7 Å². The Morgan fingerprint density at radius 1 is 1.21 bits per heavy atom. The molecule has 0 saturated carbocycles. The van der Waals surface area contributed by atoms with Crippen molar-refractivity contribution in [2.45, 2.75) is 6.43 Å². The lowest BCUT2D eigenvalue weighted by molar-refractivity contribution is 0.0590. The van der Waals surface area contributed by atoms with E-state index in [1.54, 1.807) is 4.90 Å². The molecule has 2 aliphatic rings. The molecule has 0 aromatic carbocycles. The number of likely N-dealkylation sites (tertiary alicyclic amines) is 1. The van der Waals surface area contributed by atoms with Crippen molar-refractivity contribution in [2.75, 3.05) is 52.4 Å². The molecule has 2 rings (SSSR count). The topological polar surface area (TPSA) is 47.0 Å². The maximum absolute atomic E-state index is 12.2. The summed E-state index contributed by atoms with van der Waals surface area (Å²) < 4.78 is 24.4. The van der Waals surface area contributed by atoms with E-state index < -0.39 is 12.5 Å². The fraction of sp³-hybridized carbons (Fsp3) is 0.750. The largest absolute Gasteiger partial charge is 0.465 e. The van der Waals surface area contributed by atoms with Crippen LogP contribution in [0.5, 0.6) is 0 Å². The van der Waals surface area contributed by atoms with E-state index >= 15 is 0 Å². The van der Waals surface area contributed by atoms with Gasteiger partial charge in [0.1, 0.15) is 0 Å². The SMILES string of the molecule is O=C(O)N1CC(=CCN2CCN(CC(F)F)CC2)C1. The molecule has 108 valence electrons. The van der Waals surface area contributed by atoms with Crippen molar-refractivity contribution >= 4 is 6.09 Å². The summed E-state index contributed by atoms with van der Waals surface area (Å²) in [6.07, 6.45) is -1.08. The van der Waals surface area contributed by atoms with E-state index in [1.807, 2.05) is 0 Å². The van der Waals surface area contributed by atoms with E-state index in [-0.39, 0.29) is 6.54 Å². The Hall–Kier alpha value is -1.21. The standard InChI is InChI=1S/C12H19F2N3O2/c13-11(14)9-16-5-3-15(4-6-16)2-1-10-7-17(8-10)12(18)19/h1,11H,2-9H2,(H,18,19). The van der Waals surface area contributed by atoms with Crippen LogP contribution >= 0.6 is 0 Å². The zero-order chi connectivity index (χ0) is 13.8. The van der Waals surface area contributed by atoms with Crippen LogP contribution in [0.15, 0.2) is 11.6 Å². The molecule has 2 aliphatic heterocycles. The van der Waals surface area contributed by atoms with Gasteiger partial charge in [0, 0.05) is 45.8 Å². The number of carbonyl (C=O) groups is 1. The van der Waals surface area contributed by atoms with Crippen molar-refractivity contribution in [2.24, 2.45) is 0 Å². The Kier molecular flexibility index (Phi) is 4.71. The molecule has 5 nitrogen and oxygen atoms in total. The van der Waals surface area contributed by atoms with Crippen LogP contribution < -0.4 is 0 Å². The third kappa shape index (κ3) is 4.14. The molecule has 2 heterocycles. The van der Waals surface area contributed by atoms with Gasteiger partial charge in [-0.25, -0.2) is 13.6 Å². The van der Waals surface area contributed by atoms with Crippen LogP contribution in [0.25, 0.3) is 0 Å². The van der Waals surface area contributed by atoms with Gasteiger partial charge in [-0.2, -0.15) is 0 Å². The minimum absolute atomic E-state index is 0.136. The van der Waals surface area contributed by atoms with Crippen LogP contribution in [0.4, 0.5) is 13.6 Å². The minimum atomic E-state index is -2.26. The predicted molar refractivity (Wildman–Crippen MR) is 66.6 cm³/mol. The Morgan fingerprint density at radius 3 is 2.32 bits per heavy atom. The number of hydrogen-bond donors (Lipinski definition) is 1. The molecule has 2 fully saturated rings. The second-order valence-electron chi connectivity index (χ2n) is 4.99. The summed E-state index contributed by atoms with van der Waals surface area (Å²) >= 11 is 0. The summed E-state index contributed by atoms with van der Waals surface area (Å²) in [5.41, 5.74) is 1.14. The lowest BCUT2D eigenvalue weighted by Crippen LogP contribution is -2.48. The molecule has 2 saturated heterocycles. The molecule has 0 aromatic rings. The number of hydrogen-bond acceptors (Lipinski definition) is 3. The molecule has 0 aromatic heterocycles. The van der Waals surface area contributed by atoms with E-state index in [0.717, 1.165) is 25.2 Å². The number of piperazine rings is 1. The highest BCUT2D eigenvalue weighted by atomic mass is 19.3. The van der Waals surface area contributed by atoms with Crippen molar-refractivity contribution in [1.29, 1.82) is 0 Å². The van der Waals surface area contributed by atoms with Gasteiger partial charge < -0.3 is 10.0 Å². The van der Waals surface area contributed by atoms with Crippen molar-refractivity contribution in [1.82, 2.24) is 14.7 Å². The van der Waals surface area contributed by atoms with Crippen LogP contribution in [0.3, 0.4) is 0 Å². The fourth-order valence-electron chi connectivity index (χ4n) is 2.32. The molecule has 1 amide bonds. The number of nitrogens with zero attached hydrogens (tertiary/aromatic N) is 3. The molecular weight excluding hydrogens is 256 g/mol. The van der Waals surface area contributed by atoms with Gasteiger partial charge in [-0.3, -0.25) is 9.80 Å². The zero-order valence-corrected chi connectivity index (χ0v) is 10.8. The molecule has 0 radical (unpaired) electrons. The van der Waals surface area contributed by atoms with Gasteiger partial charge in [0.25, 0.3) is 6.43 Å². The highest BCUT2D eigenvalue weighted by molar-refractivity contribution is 5.67. The molecule has 0 atom stereocenters. The molecule has 1 N–H and O–H groups in total. The van der Waals surface area contributed by atoms with E-state index in [4.69, 9.17) is 5.11 Å². The van der Waals surface area contributed by atoms with E-state index in [0.29, 0.717) is 26.2 Å². The number of amides is 1. The minimum Gasteiger partial charge on any atom is -0.465 e. The summed E-state index contributed by atoms with van der Waals surface area (Å²) in [7, 11) is 0. The van der Waals surface area contributed by atoms with E-state index in [2.05, 4.69) is 11.0 Å².